The topological polar surface area (TPSA) is 63.6 Å². The van der Waals surface area contributed by atoms with E-state index in [0.717, 1.165) is 21.0 Å². The van der Waals surface area contributed by atoms with Crippen LogP contribution in [0.15, 0.2) is 45.4 Å². The maximum absolute atomic E-state index is 12.2. The number of hydrogen-bond acceptors (Lipinski definition) is 4. The van der Waals surface area contributed by atoms with Crippen molar-refractivity contribution in [2.75, 3.05) is 0 Å². The molecule has 124 valence electrons. The normalized spacial score (nSPS) is 11.0. The molecule has 0 saturated heterocycles. The quantitative estimate of drug-likeness (QED) is 0.614. The summed E-state index contributed by atoms with van der Waals surface area (Å²) in [4.78, 5) is 21.3. The molecule has 1 N–H and O–H groups in total. The molecule has 7 heteroatoms. The van der Waals surface area contributed by atoms with Gasteiger partial charge in [-0.25, -0.2) is 9.67 Å². The fourth-order valence-corrected chi connectivity index (χ4v) is 4.63. The highest BCUT2D eigenvalue weighted by molar-refractivity contribution is 14.1. The van der Waals surface area contributed by atoms with Crippen molar-refractivity contribution in [3.63, 3.8) is 0 Å². The van der Waals surface area contributed by atoms with Crippen LogP contribution in [0.4, 0.5) is 0 Å². The zero-order valence-electron chi connectivity index (χ0n) is 13.6. The molecular formula is C17H17IN4OS. The molecule has 1 aromatic carbocycles. The van der Waals surface area contributed by atoms with Gasteiger partial charge in [-0.05, 0) is 66.6 Å². The first-order valence-electron chi connectivity index (χ1n) is 7.44. The van der Waals surface area contributed by atoms with Crippen LogP contribution in [0, 0.1) is 24.3 Å². The summed E-state index contributed by atoms with van der Waals surface area (Å²) < 4.78 is 2.47. The Morgan fingerprint density at radius 3 is 2.54 bits per heavy atom. The van der Waals surface area contributed by atoms with E-state index in [1.807, 2.05) is 6.92 Å². The molecule has 24 heavy (non-hydrogen) atoms. The van der Waals surface area contributed by atoms with Crippen LogP contribution >= 0.6 is 34.4 Å². The number of nitrogens with one attached hydrogen (secondary N) is 1. The minimum absolute atomic E-state index is 0.0534. The fraction of sp³-hybridized carbons (Fsp3) is 0.235. The van der Waals surface area contributed by atoms with Gasteiger partial charge in [0.15, 0.2) is 0 Å². The van der Waals surface area contributed by atoms with Crippen molar-refractivity contribution in [1.29, 1.82) is 0 Å². The van der Waals surface area contributed by atoms with E-state index >= 15 is 0 Å². The highest BCUT2D eigenvalue weighted by Gasteiger charge is 2.16. The molecule has 0 atom stereocenters. The van der Waals surface area contributed by atoms with Gasteiger partial charge in [0.25, 0.3) is 5.56 Å². The predicted octanol–water partition coefficient (Wildman–Crippen LogP) is 3.70. The van der Waals surface area contributed by atoms with Crippen molar-refractivity contribution in [2.45, 2.75) is 37.1 Å². The monoisotopic (exact) mass is 452 g/mol. The average molecular weight is 452 g/mol. The van der Waals surface area contributed by atoms with Gasteiger partial charge < -0.3 is 4.98 Å². The first kappa shape index (κ1) is 17.2. The first-order chi connectivity index (χ1) is 11.4. The summed E-state index contributed by atoms with van der Waals surface area (Å²) in [6.45, 7) is 6.67. The SMILES string of the molecule is Cc1cc(C)cc(Sc2c(Cn3cncn3)c(C)[nH]c(=O)c2I)c1. The number of pyridine rings is 1. The van der Waals surface area contributed by atoms with Crippen LogP contribution in [0.5, 0.6) is 0 Å². The van der Waals surface area contributed by atoms with Gasteiger partial charge in [-0.2, -0.15) is 5.10 Å². The third kappa shape index (κ3) is 3.72. The molecule has 0 fully saturated rings. The standard InChI is InChI=1S/C17H17IN4OS/c1-10-4-11(2)6-13(5-10)24-16-14(7-22-9-19-8-20-22)12(3)21-17(23)15(16)18/h4-6,8-9H,7H2,1-3H3,(H,21,23). The largest absolute Gasteiger partial charge is 0.325 e. The molecule has 3 aromatic rings. The molecule has 0 radical (unpaired) electrons. The molecule has 0 aliphatic rings. The minimum Gasteiger partial charge on any atom is -0.325 e. The van der Waals surface area contributed by atoms with Gasteiger partial charge in [0.2, 0.25) is 0 Å². The molecule has 0 spiro atoms. The van der Waals surface area contributed by atoms with Crippen LogP contribution in [-0.2, 0) is 6.54 Å². The minimum atomic E-state index is -0.0534. The van der Waals surface area contributed by atoms with Crippen molar-refractivity contribution < 1.29 is 0 Å². The number of benzene rings is 1. The lowest BCUT2D eigenvalue weighted by Gasteiger charge is -2.14. The van der Waals surface area contributed by atoms with E-state index in [9.17, 15) is 4.79 Å². The van der Waals surface area contributed by atoms with Gasteiger partial charge in [-0.15, -0.1) is 0 Å². The number of aromatic amines is 1. The number of aryl methyl sites for hydroxylation is 3. The summed E-state index contributed by atoms with van der Waals surface area (Å²) in [5.74, 6) is 0. The molecule has 2 heterocycles. The highest BCUT2D eigenvalue weighted by atomic mass is 127. The van der Waals surface area contributed by atoms with Crippen LogP contribution in [-0.4, -0.2) is 19.7 Å². The zero-order valence-corrected chi connectivity index (χ0v) is 16.6. The van der Waals surface area contributed by atoms with E-state index in [4.69, 9.17) is 0 Å². The van der Waals surface area contributed by atoms with Crippen LogP contribution in [0.3, 0.4) is 0 Å². The molecule has 3 rings (SSSR count). The summed E-state index contributed by atoms with van der Waals surface area (Å²) in [6.07, 6.45) is 3.20. The Kier molecular flexibility index (Phi) is 5.09. The number of H-pyrrole nitrogens is 1. The predicted molar refractivity (Wildman–Crippen MR) is 104 cm³/mol. The Balaban J connectivity index is 2.09. The van der Waals surface area contributed by atoms with Gasteiger partial charge in [-0.3, -0.25) is 4.79 Å². The summed E-state index contributed by atoms with van der Waals surface area (Å²) >= 11 is 3.75. The van der Waals surface area contributed by atoms with E-state index in [0.29, 0.717) is 10.1 Å². The number of rotatable bonds is 4. The van der Waals surface area contributed by atoms with Gasteiger partial charge in [-0.1, -0.05) is 17.8 Å². The third-order valence-electron chi connectivity index (χ3n) is 3.63. The molecule has 0 bridgehead atoms. The van der Waals surface area contributed by atoms with Gasteiger partial charge in [0, 0.05) is 21.0 Å². The van der Waals surface area contributed by atoms with Crippen molar-refractivity contribution in [1.82, 2.24) is 19.7 Å². The van der Waals surface area contributed by atoms with E-state index in [-0.39, 0.29) is 5.56 Å². The Labute approximate surface area is 158 Å². The fourth-order valence-electron chi connectivity index (χ4n) is 2.59. The number of halogens is 1. The van der Waals surface area contributed by atoms with E-state index in [1.54, 1.807) is 22.8 Å². The van der Waals surface area contributed by atoms with Crippen molar-refractivity contribution in [3.05, 3.63) is 67.2 Å². The molecule has 0 amide bonds. The van der Waals surface area contributed by atoms with E-state index in [1.165, 1.54) is 17.5 Å². The molecule has 0 saturated carbocycles. The van der Waals surface area contributed by atoms with Gasteiger partial charge in [0.1, 0.15) is 12.7 Å². The Morgan fingerprint density at radius 1 is 1.21 bits per heavy atom. The summed E-state index contributed by atoms with van der Waals surface area (Å²) in [5, 5.41) is 4.18. The molecule has 0 aliphatic heterocycles. The van der Waals surface area contributed by atoms with Crippen molar-refractivity contribution >= 4 is 34.4 Å². The average Bonchev–Trinajstić information content (AvgIpc) is 3.00. The highest BCUT2D eigenvalue weighted by Crippen LogP contribution is 2.35. The molecule has 5 nitrogen and oxygen atoms in total. The first-order valence-corrected chi connectivity index (χ1v) is 9.33. The summed E-state index contributed by atoms with van der Waals surface area (Å²) in [5.41, 5.74) is 4.30. The molecule has 0 aliphatic carbocycles. The maximum atomic E-state index is 12.2. The Bertz CT molecular complexity index is 914. The maximum Gasteiger partial charge on any atom is 0.262 e. The second-order valence-corrected chi connectivity index (χ2v) is 7.88. The lowest BCUT2D eigenvalue weighted by Crippen LogP contribution is -2.17. The van der Waals surface area contributed by atoms with Gasteiger partial charge >= 0.3 is 0 Å². The lowest BCUT2D eigenvalue weighted by molar-refractivity contribution is 0.668. The lowest BCUT2D eigenvalue weighted by atomic mass is 10.2. The second-order valence-electron chi connectivity index (χ2n) is 5.72. The van der Waals surface area contributed by atoms with Crippen LogP contribution < -0.4 is 5.56 Å². The van der Waals surface area contributed by atoms with Crippen molar-refractivity contribution in [3.8, 4) is 0 Å². The number of nitrogens with zero attached hydrogens (tertiary/aromatic N) is 3. The molecular weight excluding hydrogens is 435 g/mol. The second kappa shape index (κ2) is 7.10. The zero-order chi connectivity index (χ0) is 17.3. The number of aromatic nitrogens is 4. The number of hydrogen-bond donors (Lipinski definition) is 1. The Hall–Kier alpha value is -1.61. The smallest absolute Gasteiger partial charge is 0.262 e. The van der Waals surface area contributed by atoms with Crippen LogP contribution in [0.1, 0.15) is 22.4 Å². The van der Waals surface area contributed by atoms with E-state index in [2.05, 4.69) is 69.7 Å². The van der Waals surface area contributed by atoms with Crippen molar-refractivity contribution in [2.24, 2.45) is 0 Å². The van der Waals surface area contributed by atoms with Crippen LogP contribution in [0.25, 0.3) is 0 Å². The molecule has 0 unspecified atom stereocenters. The Morgan fingerprint density at radius 2 is 1.92 bits per heavy atom. The van der Waals surface area contributed by atoms with Gasteiger partial charge in [0.05, 0.1) is 10.1 Å². The summed E-state index contributed by atoms with van der Waals surface area (Å²) in [7, 11) is 0. The summed E-state index contributed by atoms with van der Waals surface area (Å²) in [6, 6.07) is 6.43. The third-order valence-corrected chi connectivity index (χ3v) is 6.15. The van der Waals surface area contributed by atoms with Crippen LogP contribution in [0.2, 0.25) is 0 Å². The molecule has 2 aromatic heterocycles. The van der Waals surface area contributed by atoms with E-state index < -0.39 is 0 Å².